The number of carboxylic acid groups (broad SMARTS) is 1. The maximum absolute atomic E-state index is 11.6. The Morgan fingerprint density at radius 3 is 2.76 bits per heavy atom. The molecule has 1 saturated carbocycles. The number of Topliss-reactive ketones (excluding diaryl/α,β-unsaturated/α-hetero) is 1. The van der Waals surface area contributed by atoms with Crippen LogP contribution in [0.4, 0.5) is 16.3 Å². The van der Waals surface area contributed by atoms with Gasteiger partial charge in [-0.15, -0.1) is 0 Å². The Morgan fingerprint density at radius 2 is 2.07 bits per heavy atom. The van der Waals surface area contributed by atoms with Gasteiger partial charge in [0, 0.05) is 30.6 Å². The Kier molecular flexibility index (Phi) is 4.79. The van der Waals surface area contributed by atoms with Crippen molar-refractivity contribution >= 4 is 34.4 Å². The van der Waals surface area contributed by atoms with E-state index in [0.717, 1.165) is 35.0 Å². The Morgan fingerprint density at radius 1 is 1.31 bits per heavy atom. The molecule has 0 unspecified atom stereocenters. The molecular weight excluding hydrogens is 374 g/mol. The number of carbonyl (C=O) groups is 2. The summed E-state index contributed by atoms with van der Waals surface area (Å²) in [6.45, 7) is 0. The van der Waals surface area contributed by atoms with Gasteiger partial charge in [-0.2, -0.15) is 0 Å². The van der Waals surface area contributed by atoms with Crippen molar-refractivity contribution in [1.29, 1.82) is 0 Å². The smallest absolute Gasteiger partial charge is 0.409 e. The molecule has 2 aromatic heterocycles. The van der Waals surface area contributed by atoms with Crippen molar-refractivity contribution in [2.75, 3.05) is 18.2 Å². The number of hydrogen-bond acceptors (Lipinski definition) is 6. The number of methoxy groups -OCH3 is 1. The Bertz CT molecular complexity index is 1100. The third-order valence-electron chi connectivity index (χ3n) is 5.30. The van der Waals surface area contributed by atoms with E-state index < -0.39 is 6.09 Å². The zero-order valence-corrected chi connectivity index (χ0v) is 15.9. The summed E-state index contributed by atoms with van der Waals surface area (Å²) < 4.78 is 7.43. The highest BCUT2D eigenvalue weighted by atomic mass is 16.5. The molecule has 1 fully saturated rings. The van der Waals surface area contributed by atoms with E-state index in [9.17, 15) is 9.59 Å². The van der Waals surface area contributed by atoms with Gasteiger partial charge in [0.15, 0.2) is 0 Å². The standard InChI is InChI=1S/C20H21N5O4/c1-29-16-8-11(2-7-15(16)24-20(27)28)14-9-25(12-3-5-13(26)6-4-12)19-17(14)18(21)22-10-23-19/h2,7-10,12,24H,3-6H2,1H3,(H,27,28)(H2,21,22,23). The minimum Gasteiger partial charge on any atom is -0.495 e. The summed E-state index contributed by atoms with van der Waals surface area (Å²) in [5, 5.41) is 12.0. The molecule has 2 heterocycles. The van der Waals surface area contributed by atoms with Gasteiger partial charge in [-0.1, -0.05) is 6.07 Å². The summed E-state index contributed by atoms with van der Waals surface area (Å²) in [4.78, 5) is 31.2. The van der Waals surface area contributed by atoms with Crippen LogP contribution < -0.4 is 15.8 Å². The van der Waals surface area contributed by atoms with E-state index in [0.29, 0.717) is 35.9 Å². The number of amides is 1. The lowest BCUT2D eigenvalue weighted by atomic mass is 9.94. The van der Waals surface area contributed by atoms with Gasteiger partial charge in [0.1, 0.15) is 29.3 Å². The summed E-state index contributed by atoms with van der Waals surface area (Å²) in [6.07, 6.45) is 4.89. The maximum Gasteiger partial charge on any atom is 0.409 e. The van der Waals surface area contributed by atoms with Gasteiger partial charge in [0.05, 0.1) is 18.2 Å². The fourth-order valence-electron chi connectivity index (χ4n) is 3.89. The van der Waals surface area contributed by atoms with Crippen molar-refractivity contribution < 1.29 is 19.4 Å². The summed E-state index contributed by atoms with van der Waals surface area (Å²) in [5.41, 5.74) is 8.89. The van der Waals surface area contributed by atoms with Crippen molar-refractivity contribution in [2.45, 2.75) is 31.7 Å². The topological polar surface area (TPSA) is 132 Å². The molecule has 0 saturated heterocycles. The number of rotatable bonds is 4. The summed E-state index contributed by atoms with van der Waals surface area (Å²) >= 11 is 0. The van der Waals surface area contributed by atoms with E-state index in [-0.39, 0.29) is 6.04 Å². The number of nitrogen functional groups attached to an aromatic ring is 1. The Hall–Kier alpha value is -3.62. The monoisotopic (exact) mass is 395 g/mol. The second-order valence-corrected chi connectivity index (χ2v) is 7.02. The molecule has 1 aliphatic carbocycles. The van der Waals surface area contributed by atoms with Crippen LogP contribution in [0.1, 0.15) is 31.7 Å². The number of aromatic nitrogens is 3. The number of anilines is 2. The van der Waals surface area contributed by atoms with Gasteiger partial charge in [0.25, 0.3) is 0 Å². The molecule has 1 amide bonds. The fraction of sp³-hybridized carbons (Fsp3) is 0.300. The molecule has 3 aromatic rings. The van der Waals surface area contributed by atoms with Gasteiger partial charge < -0.3 is 20.1 Å². The molecule has 150 valence electrons. The number of nitrogens with two attached hydrogens (primary N) is 1. The van der Waals surface area contributed by atoms with Crippen LogP contribution in [0.5, 0.6) is 5.75 Å². The zero-order chi connectivity index (χ0) is 20.5. The van der Waals surface area contributed by atoms with E-state index in [4.69, 9.17) is 15.6 Å². The number of ketones is 1. The van der Waals surface area contributed by atoms with Crippen molar-refractivity contribution in [3.8, 4) is 16.9 Å². The van der Waals surface area contributed by atoms with Crippen LogP contribution >= 0.6 is 0 Å². The largest absolute Gasteiger partial charge is 0.495 e. The molecule has 1 aromatic carbocycles. The van der Waals surface area contributed by atoms with Crippen molar-refractivity contribution in [3.05, 3.63) is 30.7 Å². The predicted octanol–water partition coefficient (Wildman–Crippen LogP) is 3.46. The van der Waals surface area contributed by atoms with Crippen molar-refractivity contribution in [3.63, 3.8) is 0 Å². The summed E-state index contributed by atoms with van der Waals surface area (Å²) in [7, 11) is 1.48. The maximum atomic E-state index is 11.6. The highest BCUT2D eigenvalue weighted by Gasteiger charge is 2.24. The fourth-order valence-corrected chi connectivity index (χ4v) is 3.89. The first-order valence-corrected chi connectivity index (χ1v) is 9.29. The van der Waals surface area contributed by atoms with Crippen LogP contribution in [-0.4, -0.2) is 38.6 Å². The van der Waals surface area contributed by atoms with Crippen LogP contribution in [0, 0.1) is 0 Å². The SMILES string of the molecule is COc1cc(-c2cn(C3CCC(=O)CC3)c3ncnc(N)c23)ccc1NC(=O)O. The molecule has 1 aliphatic rings. The Balaban J connectivity index is 1.84. The van der Waals surface area contributed by atoms with E-state index in [1.165, 1.54) is 13.4 Å². The molecule has 0 bridgehead atoms. The molecule has 0 atom stereocenters. The predicted molar refractivity (Wildman–Crippen MR) is 108 cm³/mol. The molecule has 9 nitrogen and oxygen atoms in total. The normalized spacial score (nSPS) is 14.9. The van der Waals surface area contributed by atoms with Gasteiger partial charge in [0.2, 0.25) is 0 Å². The molecule has 4 N–H and O–H groups in total. The van der Waals surface area contributed by atoms with E-state index in [2.05, 4.69) is 19.9 Å². The first-order valence-electron chi connectivity index (χ1n) is 9.29. The van der Waals surface area contributed by atoms with Crippen molar-refractivity contribution in [2.24, 2.45) is 0 Å². The Labute approximate surface area is 166 Å². The third-order valence-corrected chi connectivity index (χ3v) is 5.30. The third kappa shape index (κ3) is 3.46. The van der Waals surface area contributed by atoms with Crippen LogP contribution in [0.25, 0.3) is 22.2 Å². The average Bonchev–Trinajstić information content (AvgIpc) is 3.09. The molecule has 9 heteroatoms. The minimum absolute atomic E-state index is 0.160. The highest BCUT2D eigenvalue weighted by molar-refractivity contribution is 6.01. The zero-order valence-electron chi connectivity index (χ0n) is 15.9. The highest BCUT2D eigenvalue weighted by Crippen LogP contribution is 2.39. The van der Waals surface area contributed by atoms with Crippen LogP contribution in [0.2, 0.25) is 0 Å². The lowest BCUT2D eigenvalue weighted by Gasteiger charge is -2.23. The van der Waals surface area contributed by atoms with Crippen LogP contribution in [0.3, 0.4) is 0 Å². The number of nitrogens with one attached hydrogen (secondary N) is 1. The number of fused-ring (bicyclic) bond motifs is 1. The average molecular weight is 395 g/mol. The number of carbonyl (C=O) groups excluding carboxylic acids is 1. The second kappa shape index (κ2) is 7.42. The molecule has 0 radical (unpaired) electrons. The minimum atomic E-state index is -1.17. The number of nitrogens with zero attached hydrogens (tertiary/aromatic N) is 3. The lowest BCUT2D eigenvalue weighted by molar-refractivity contribution is -0.120. The first-order chi connectivity index (χ1) is 14.0. The lowest BCUT2D eigenvalue weighted by Crippen LogP contribution is -2.17. The molecule has 0 aliphatic heterocycles. The number of ether oxygens (including phenoxy) is 1. The van der Waals surface area contributed by atoms with E-state index in [1.807, 2.05) is 6.20 Å². The van der Waals surface area contributed by atoms with Crippen LogP contribution in [-0.2, 0) is 4.79 Å². The van der Waals surface area contributed by atoms with Gasteiger partial charge >= 0.3 is 6.09 Å². The van der Waals surface area contributed by atoms with E-state index in [1.54, 1.807) is 18.2 Å². The molecular formula is C20H21N5O4. The summed E-state index contributed by atoms with van der Waals surface area (Å²) in [6, 6.07) is 5.35. The van der Waals surface area contributed by atoms with Crippen LogP contribution in [0.15, 0.2) is 30.7 Å². The number of benzene rings is 1. The first kappa shape index (κ1) is 18.7. The quantitative estimate of drug-likeness (QED) is 0.616. The van der Waals surface area contributed by atoms with Gasteiger partial charge in [-0.3, -0.25) is 10.1 Å². The molecule has 4 rings (SSSR count). The summed E-state index contributed by atoms with van der Waals surface area (Å²) in [5.74, 6) is 1.05. The molecule has 29 heavy (non-hydrogen) atoms. The van der Waals surface area contributed by atoms with Gasteiger partial charge in [-0.05, 0) is 30.5 Å². The van der Waals surface area contributed by atoms with Gasteiger partial charge in [-0.25, -0.2) is 14.8 Å². The molecule has 0 spiro atoms. The number of hydrogen-bond donors (Lipinski definition) is 3. The van der Waals surface area contributed by atoms with Crippen molar-refractivity contribution in [1.82, 2.24) is 14.5 Å². The second-order valence-electron chi connectivity index (χ2n) is 7.02. The van der Waals surface area contributed by atoms with E-state index >= 15 is 0 Å².